The third kappa shape index (κ3) is 2.99. The second-order valence-corrected chi connectivity index (χ2v) is 5.28. The normalized spacial score (nSPS) is 21.7. The summed E-state index contributed by atoms with van der Waals surface area (Å²) in [7, 11) is 0. The van der Waals surface area contributed by atoms with Crippen LogP contribution in [-0.4, -0.2) is 23.0 Å². The summed E-state index contributed by atoms with van der Waals surface area (Å²) in [5.74, 6) is 0. The van der Waals surface area contributed by atoms with Gasteiger partial charge in [-0.05, 0) is 56.5 Å². The molecule has 2 rings (SSSR count). The van der Waals surface area contributed by atoms with Gasteiger partial charge in [0, 0.05) is 12.2 Å². The lowest BCUT2D eigenvalue weighted by atomic mass is 9.95. The first-order valence-corrected chi connectivity index (χ1v) is 6.96. The molecule has 0 aliphatic carbocycles. The zero-order valence-corrected chi connectivity index (χ0v) is 11.5. The fourth-order valence-electron chi connectivity index (χ4n) is 2.69. The van der Waals surface area contributed by atoms with E-state index in [-0.39, 0.29) is 0 Å². The molecule has 1 atom stereocenters. The molecule has 0 aromatic carbocycles. The summed E-state index contributed by atoms with van der Waals surface area (Å²) in [5, 5.41) is 0.631. The lowest BCUT2D eigenvalue weighted by Gasteiger charge is -2.35. The second kappa shape index (κ2) is 5.83. The molecule has 0 bridgehead atoms. The average molecular weight is 253 g/mol. The van der Waals surface area contributed by atoms with E-state index in [1.54, 1.807) is 0 Å². The van der Waals surface area contributed by atoms with Crippen LogP contribution >= 0.6 is 11.6 Å². The molecule has 0 amide bonds. The van der Waals surface area contributed by atoms with Crippen molar-refractivity contribution in [2.45, 2.75) is 45.6 Å². The Kier molecular flexibility index (Phi) is 4.41. The smallest absolute Gasteiger partial charge is 0.131 e. The third-order valence-corrected chi connectivity index (χ3v) is 3.94. The van der Waals surface area contributed by atoms with Crippen molar-refractivity contribution in [1.29, 1.82) is 0 Å². The monoisotopic (exact) mass is 252 g/mol. The molecule has 2 heterocycles. The summed E-state index contributed by atoms with van der Waals surface area (Å²) in [6.07, 6.45) is 7.08. The quantitative estimate of drug-likeness (QED) is 0.757. The van der Waals surface area contributed by atoms with Gasteiger partial charge in [-0.15, -0.1) is 0 Å². The molecule has 1 aliphatic rings. The number of nitrogens with zero attached hydrogens (tertiary/aromatic N) is 2. The minimum Gasteiger partial charge on any atom is -0.296 e. The highest BCUT2D eigenvalue weighted by atomic mass is 35.5. The van der Waals surface area contributed by atoms with Gasteiger partial charge in [0.2, 0.25) is 0 Å². The molecule has 2 nitrogen and oxygen atoms in total. The maximum atomic E-state index is 5.99. The fourth-order valence-corrected chi connectivity index (χ4v) is 2.79. The Morgan fingerprint density at radius 1 is 1.47 bits per heavy atom. The number of hydrogen-bond acceptors (Lipinski definition) is 2. The van der Waals surface area contributed by atoms with Crippen LogP contribution in [0.2, 0.25) is 5.15 Å². The van der Waals surface area contributed by atoms with Gasteiger partial charge in [-0.2, -0.15) is 0 Å². The molecule has 1 aliphatic heterocycles. The predicted molar refractivity (Wildman–Crippen MR) is 72.4 cm³/mol. The van der Waals surface area contributed by atoms with Crippen molar-refractivity contribution < 1.29 is 0 Å². The first kappa shape index (κ1) is 12.8. The summed E-state index contributed by atoms with van der Waals surface area (Å²) in [6, 6.07) is 2.75. The van der Waals surface area contributed by atoms with Gasteiger partial charge in [-0.3, -0.25) is 4.90 Å². The average Bonchev–Trinajstić information content (AvgIpc) is 2.34. The van der Waals surface area contributed by atoms with Gasteiger partial charge in [-0.25, -0.2) is 4.98 Å². The summed E-state index contributed by atoms with van der Waals surface area (Å²) < 4.78 is 0. The van der Waals surface area contributed by atoms with E-state index in [0.717, 1.165) is 5.56 Å². The van der Waals surface area contributed by atoms with E-state index in [9.17, 15) is 0 Å². The van der Waals surface area contributed by atoms with Crippen LogP contribution in [0.25, 0.3) is 0 Å². The van der Waals surface area contributed by atoms with Crippen molar-refractivity contribution in [2.24, 2.45) is 0 Å². The molecule has 1 fully saturated rings. The van der Waals surface area contributed by atoms with Gasteiger partial charge in [-0.1, -0.05) is 24.9 Å². The molecule has 1 saturated heterocycles. The highest BCUT2D eigenvalue weighted by Gasteiger charge is 2.23. The van der Waals surface area contributed by atoms with Gasteiger partial charge < -0.3 is 0 Å². The lowest BCUT2D eigenvalue weighted by Crippen LogP contribution is -2.34. The van der Waals surface area contributed by atoms with Gasteiger partial charge in [0.15, 0.2) is 0 Å². The molecule has 0 N–H and O–H groups in total. The topological polar surface area (TPSA) is 16.1 Å². The molecule has 1 aromatic rings. The van der Waals surface area contributed by atoms with E-state index in [1.165, 1.54) is 44.3 Å². The first-order valence-electron chi connectivity index (χ1n) is 6.58. The van der Waals surface area contributed by atoms with Crippen molar-refractivity contribution in [1.82, 2.24) is 9.88 Å². The minimum absolute atomic E-state index is 0.548. The van der Waals surface area contributed by atoms with Gasteiger partial charge in [0.05, 0.1) is 0 Å². The van der Waals surface area contributed by atoms with Crippen molar-refractivity contribution in [3.8, 4) is 0 Å². The van der Waals surface area contributed by atoms with Crippen LogP contribution in [-0.2, 0) is 0 Å². The third-order valence-electron chi connectivity index (χ3n) is 3.54. The van der Waals surface area contributed by atoms with Crippen LogP contribution in [0.4, 0.5) is 0 Å². The highest BCUT2D eigenvalue weighted by molar-refractivity contribution is 6.30. The first-order chi connectivity index (χ1) is 8.22. The number of aryl methyl sites for hydroxylation is 1. The van der Waals surface area contributed by atoms with Gasteiger partial charge in [0.1, 0.15) is 5.15 Å². The number of rotatable bonds is 3. The standard InChI is InChI=1S/C14H21ClN2/c1-3-7-17-8-5-4-6-13(17)12-9-11(2)14(15)16-10-12/h9-10,13H,3-8H2,1-2H3/t13-/m0/s1. The number of likely N-dealkylation sites (tertiary alicyclic amines) is 1. The predicted octanol–water partition coefficient (Wildman–Crippen LogP) is 3.98. The zero-order chi connectivity index (χ0) is 12.3. The Balaban J connectivity index is 2.20. The Morgan fingerprint density at radius 3 is 3.00 bits per heavy atom. The summed E-state index contributed by atoms with van der Waals surface area (Å²) in [4.78, 5) is 6.88. The minimum atomic E-state index is 0.548. The Labute approximate surface area is 109 Å². The van der Waals surface area contributed by atoms with Crippen molar-refractivity contribution in [3.63, 3.8) is 0 Å². The SMILES string of the molecule is CCCN1CCCC[C@H]1c1cnc(Cl)c(C)c1. The molecular weight excluding hydrogens is 232 g/mol. The van der Waals surface area contributed by atoms with Crippen LogP contribution < -0.4 is 0 Å². The Bertz CT molecular complexity index is 376. The van der Waals surface area contributed by atoms with E-state index < -0.39 is 0 Å². The van der Waals surface area contributed by atoms with Crippen LogP contribution in [0, 0.1) is 6.92 Å². The largest absolute Gasteiger partial charge is 0.296 e. The molecule has 0 unspecified atom stereocenters. The highest BCUT2D eigenvalue weighted by Crippen LogP contribution is 2.31. The Morgan fingerprint density at radius 2 is 2.29 bits per heavy atom. The van der Waals surface area contributed by atoms with Crippen LogP contribution in [0.1, 0.15) is 49.8 Å². The summed E-state index contributed by atoms with van der Waals surface area (Å²) >= 11 is 5.99. The number of piperidine rings is 1. The van der Waals surface area contributed by atoms with Crippen LogP contribution in [0.3, 0.4) is 0 Å². The number of pyridine rings is 1. The van der Waals surface area contributed by atoms with Crippen molar-refractivity contribution in [2.75, 3.05) is 13.1 Å². The fraction of sp³-hybridized carbons (Fsp3) is 0.643. The van der Waals surface area contributed by atoms with Crippen LogP contribution in [0.15, 0.2) is 12.3 Å². The molecule has 0 spiro atoms. The van der Waals surface area contributed by atoms with E-state index in [4.69, 9.17) is 11.6 Å². The number of halogens is 1. The van der Waals surface area contributed by atoms with E-state index in [0.29, 0.717) is 11.2 Å². The molecule has 94 valence electrons. The van der Waals surface area contributed by atoms with Crippen LogP contribution in [0.5, 0.6) is 0 Å². The second-order valence-electron chi connectivity index (χ2n) is 4.92. The molecule has 0 radical (unpaired) electrons. The van der Waals surface area contributed by atoms with E-state index in [1.807, 2.05) is 13.1 Å². The maximum Gasteiger partial charge on any atom is 0.131 e. The van der Waals surface area contributed by atoms with Gasteiger partial charge >= 0.3 is 0 Å². The molecule has 17 heavy (non-hydrogen) atoms. The molecule has 1 aromatic heterocycles. The van der Waals surface area contributed by atoms with Crippen molar-refractivity contribution in [3.05, 3.63) is 28.5 Å². The summed E-state index contributed by atoms with van der Waals surface area (Å²) in [5.41, 5.74) is 2.42. The molecule has 3 heteroatoms. The Hall–Kier alpha value is -0.600. The zero-order valence-electron chi connectivity index (χ0n) is 10.7. The summed E-state index contributed by atoms with van der Waals surface area (Å²) in [6.45, 7) is 6.69. The lowest BCUT2D eigenvalue weighted by molar-refractivity contribution is 0.149. The number of hydrogen-bond donors (Lipinski definition) is 0. The maximum absolute atomic E-state index is 5.99. The molecular formula is C14H21ClN2. The van der Waals surface area contributed by atoms with E-state index >= 15 is 0 Å². The van der Waals surface area contributed by atoms with E-state index in [2.05, 4.69) is 22.9 Å². The molecule has 0 saturated carbocycles. The van der Waals surface area contributed by atoms with Gasteiger partial charge in [0.25, 0.3) is 0 Å². The van der Waals surface area contributed by atoms with Crippen molar-refractivity contribution >= 4 is 11.6 Å². The number of aromatic nitrogens is 1.